The molecule has 0 saturated carbocycles. The van der Waals surface area contributed by atoms with E-state index >= 15 is 0 Å². The van der Waals surface area contributed by atoms with Crippen molar-refractivity contribution >= 4 is 33.2 Å². The Kier molecular flexibility index (Phi) is 4.52. The van der Waals surface area contributed by atoms with E-state index < -0.39 is 11.7 Å². The number of nitrogen functional groups attached to an aromatic ring is 1. The highest BCUT2D eigenvalue weighted by atomic mass is 79.9. The van der Waals surface area contributed by atoms with E-state index in [1.165, 1.54) is 18.3 Å². The van der Waals surface area contributed by atoms with Crippen LogP contribution in [0.3, 0.4) is 0 Å². The quantitative estimate of drug-likeness (QED) is 0.839. The van der Waals surface area contributed by atoms with Gasteiger partial charge in [-0.1, -0.05) is 0 Å². The van der Waals surface area contributed by atoms with Crippen LogP contribution in [-0.2, 0) is 4.79 Å². The standard InChI is InChI=1S/C13H11BrFN3O2/c14-8-3-10(6-17-5-8)20-7-13(19)18-12-2-1-9(15)4-11(12)16/h1-6H,7,16H2,(H,18,19). The van der Waals surface area contributed by atoms with Crippen LogP contribution in [0, 0.1) is 5.82 Å². The van der Waals surface area contributed by atoms with Crippen molar-refractivity contribution in [3.8, 4) is 5.75 Å². The van der Waals surface area contributed by atoms with E-state index in [9.17, 15) is 9.18 Å². The molecule has 0 aliphatic heterocycles. The van der Waals surface area contributed by atoms with Crippen LogP contribution in [-0.4, -0.2) is 17.5 Å². The summed E-state index contributed by atoms with van der Waals surface area (Å²) in [7, 11) is 0. The second kappa shape index (κ2) is 6.33. The van der Waals surface area contributed by atoms with Crippen molar-refractivity contribution in [3.05, 3.63) is 46.9 Å². The minimum absolute atomic E-state index is 0.155. The van der Waals surface area contributed by atoms with Crippen molar-refractivity contribution in [2.24, 2.45) is 0 Å². The molecule has 104 valence electrons. The fraction of sp³-hybridized carbons (Fsp3) is 0.0769. The number of nitrogens with one attached hydrogen (secondary N) is 1. The molecular formula is C13H11BrFN3O2. The Hall–Kier alpha value is -2.15. The number of pyridine rings is 1. The summed E-state index contributed by atoms with van der Waals surface area (Å²) in [5.41, 5.74) is 6.08. The summed E-state index contributed by atoms with van der Waals surface area (Å²) in [6, 6.07) is 5.43. The zero-order valence-corrected chi connectivity index (χ0v) is 11.9. The SMILES string of the molecule is Nc1cc(F)ccc1NC(=O)COc1cncc(Br)c1. The average Bonchev–Trinajstić information content (AvgIpc) is 2.40. The highest BCUT2D eigenvalue weighted by molar-refractivity contribution is 9.10. The number of carbonyl (C=O) groups is 1. The minimum Gasteiger partial charge on any atom is -0.482 e. The largest absolute Gasteiger partial charge is 0.482 e. The lowest BCUT2D eigenvalue weighted by atomic mass is 10.2. The maximum atomic E-state index is 12.9. The van der Waals surface area contributed by atoms with Gasteiger partial charge in [0.15, 0.2) is 6.61 Å². The van der Waals surface area contributed by atoms with Crippen LogP contribution in [0.1, 0.15) is 0 Å². The summed E-state index contributed by atoms with van der Waals surface area (Å²) in [6.45, 7) is -0.199. The lowest BCUT2D eigenvalue weighted by molar-refractivity contribution is -0.118. The molecule has 0 unspecified atom stereocenters. The fourth-order valence-electron chi connectivity index (χ4n) is 1.45. The Balaban J connectivity index is 1.92. The van der Waals surface area contributed by atoms with Gasteiger partial charge < -0.3 is 15.8 Å². The number of rotatable bonds is 4. The zero-order valence-electron chi connectivity index (χ0n) is 10.3. The third-order valence-corrected chi connectivity index (χ3v) is 2.77. The molecular weight excluding hydrogens is 329 g/mol. The number of ether oxygens (including phenoxy) is 1. The Morgan fingerprint density at radius 1 is 1.40 bits per heavy atom. The van der Waals surface area contributed by atoms with Crippen molar-refractivity contribution in [3.63, 3.8) is 0 Å². The first-order chi connectivity index (χ1) is 9.54. The Bertz CT molecular complexity index is 637. The van der Waals surface area contributed by atoms with E-state index in [0.29, 0.717) is 11.4 Å². The second-order valence-corrected chi connectivity index (χ2v) is 4.82. The van der Waals surface area contributed by atoms with Crippen molar-refractivity contribution in [1.29, 1.82) is 0 Å². The number of carbonyl (C=O) groups excluding carboxylic acids is 1. The van der Waals surface area contributed by atoms with Gasteiger partial charge in [0, 0.05) is 10.7 Å². The molecule has 0 bridgehead atoms. The van der Waals surface area contributed by atoms with Gasteiger partial charge in [-0.3, -0.25) is 9.78 Å². The molecule has 3 N–H and O–H groups in total. The van der Waals surface area contributed by atoms with Crippen LogP contribution >= 0.6 is 15.9 Å². The second-order valence-electron chi connectivity index (χ2n) is 3.91. The average molecular weight is 340 g/mol. The predicted molar refractivity (Wildman–Crippen MR) is 76.9 cm³/mol. The lowest BCUT2D eigenvalue weighted by Crippen LogP contribution is -2.20. The van der Waals surface area contributed by atoms with Crippen LogP contribution in [0.25, 0.3) is 0 Å². The third-order valence-electron chi connectivity index (χ3n) is 2.34. The number of anilines is 2. The number of aromatic nitrogens is 1. The number of hydrogen-bond donors (Lipinski definition) is 2. The molecule has 0 fully saturated rings. The van der Waals surface area contributed by atoms with Crippen LogP contribution in [0.4, 0.5) is 15.8 Å². The number of benzene rings is 1. The molecule has 7 heteroatoms. The van der Waals surface area contributed by atoms with Gasteiger partial charge in [0.1, 0.15) is 11.6 Å². The first-order valence-corrected chi connectivity index (χ1v) is 6.42. The van der Waals surface area contributed by atoms with Crippen LogP contribution in [0.15, 0.2) is 41.1 Å². The third kappa shape index (κ3) is 3.92. The van der Waals surface area contributed by atoms with Gasteiger partial charge in [-0.25, -0.2) is 4.39 Å². The highest BCUT2D eigenvalue weighted by Gasteiger charge is 2.07. The number of amides is 1. The molecule has 0 radical (unpaired) electrons. The molecule has 0 saturated heterocycles. The molecule has 1 amide bonds. The summed E-state index contributed by atoms with van der Waals surface area (Å²) in [6.07, 6.45) is 3.09. The fourth-order valence-corrected chi connectivity index (χ4v) is 1.80. The highest BCUT2D eigenvalue weighted by Crippen LogP contribution is 2.19. The van der Waals surface area contributed by atoms with Gasteiger partial charge >= 0.3 is 0 Å². The molecule has 0 aliphatic rings. The topological polar surface area (TPSA) is 77.2 Å². The van der Waals surface area contributed by atoms with Crippen LogP contribution in [0.5, 0.6) is 5.75 Å². The Labute approximate surface area is 123 Å². The molecule has 0 atom stereocenters. The summed E-state index contributed by atoms with van der Waals surface area (Å²) in [5.74, 6) is -0.401. The van der Waals surface area contributed by atoms with Crippen molar-refractivity contribution in [2.45, 2.75) is 0 Å². The van der Waals surface area contributed by atoms with E-state index in [1.54, 1.807) is 12.3 Å². The number of hydrogen-bond acceptors (Lipinski definition) is 4. The summed E-state index contributed by atoms with van der Waals surface area (Å²) in [4.78, 5) is 15.6. The Morgan fingerprint density at radius 3 is 2.90 bits per heavy atom. The van der Waals surface area contributed by atoms with Crippen LogP contribution < -0.4 is 15.8 Å². The molecule has 20 heavy (non-hydrogen) atoms. The summed E-state index contributed by atoms with van der Waals surface area (Å²) < 4.78 is 18.9. The maximum Gasteiger partial charge on any atom is 0.262 e. The van der Waals surface area contributed by atoms with Gasteiger partial charge in [-0.2, -0.15) is 0 Å². The van der Waals surface area contributed by atoms with E-state index in [2.05, 4.69) is 26.2 Å². The smallest absolute Gasteiger partial charge is 0.262 e. The molecule has 2 rings (SSSR count). The first kappa shape index (κ1) is 14.3. The summed E-state index contributed by atoms with van der Waals surface area (Å²) >= 11 is 3.24. The van der Waals surface area contributed by atoms with Gasteiger partial charge in [0.2, 0.25) is 0 Å². The molecule has 1 heterocycles. The number of halogens is 2. The number of nitrogens with zero attached hydrogens (tertiary/aromatic N) is 1. The van der Waals surface area contributed by atoms with Crippen molar-refractivity contribution in [1.82, 2.24) is 4.98 Å². The predicted octanol–water partition coefficient (Wildman–Crippen LogP) is 2.58. The van der Waals surface area contributed by atoms with Gasteiger partial charge in [0.25, 0.3) is 5.91 Å². The van der Waals surface area contributed by atoms with Crippen LogP contribution in [0.2, 0.25) is 0 Å². The number of nitrogens with two attached hydrogens (primary N) is 1. The first-order valence-electron chi connectivity index (χ1n) is 5.63. The molecule has 1 aromatic heterocycles. The van der Waals surface area contributed by atoms with Gasteiger partial charge in [-0.15, -0.1) is 0 Å². The van der Waals surface area contributed by atoms with Gasteiger partial charge in [0.05, 0.1) is 17.6 Å². The normalized spacial score (nSPS) is 10.1. The Morgan fingerprint density at radius 2 is 2.20 bits per heavy atom. The van der Waals surface area contributed by atoms with Gasteiger partial charge in [-0.05, 0) is 40.2 Å². The van der Waals surface area contributed by atoms with Crippen molar-refractivity contribution < 1.29 is 13.9 Å². The minimum atomic E-state index is -0.461. The van der Waals surface area contributed by atoms with E-state index in [1.807, 2.05) is 0 Å². The lowest BCUT2D eigenvalue weighted by Gasteiger charge is -2.09. The molecule has 5 nitrogen and oxygen atoms in total. The molecule has 1 aromatic carbocycles. The summed E-state index contributed by atoms with van der Waals surface area (Å²) in [5, 5.41) is 2.53. The van der Waals surface area contributed by atoms with E-state index in [4.69, 9.17) is 10.5 Å². The van der Waals surface area contributed by atoms with E-state index in [0.717, 1.165) is 10.5 Å². The molecule has 0 aliphatic carbocycles. The van der Waals surface area contributed by atoms with Crippen molar-refractivity contribution in [2.75, 3.05) is 17.7 Å². The zero-order chi connectivity index (χ0) is 14.5. The monoisotopic (exact) mass is 339 g/mol. The maximum absolute atomic E-state index is 12.9. The molecule has 0 spiro atoms. The molecule has 2 aromatic rings. The van der Waals surface area contributed by atoms with E-state index in [-0.39, 0.29) is 12.3 Å².